The van der Waals surface area contributed by atoms with E-state index in [2.05, 4.69) is 53.6 Å². The number of methoxy groups -OCH3 is 1. The van der Waals surface area contributed by atoms with Gasteiger partial charge in [-0.1, -0.05) is 49.9 Å². The molecule has 140 valence electrons. The minimum Gasteiger partial charge on any atom is -0.497 e. The molecule has 2 aromatic carbocycles. The molecule has 0 saturated carbocycles. The molecular formula is C21H23N3O2S. The highest BCUT2D eigenvalue weighted by Crippen LogP contribution is 2.24. The third-order valence-corrected chi connectivity index (χ3v) is 5.39. The predicted molar refractivity (Wildman–Crippen MR) is 112 cm³/mol. The van der Waals surface area contributed by atoms with Crippen molar-refractivity contribution in [3.63, 3.8) is 0 Å². The summed E-state index contributed by atoms with van der Waals surface area (Å²) in [6.07, 6.45) is 2.33. The fourth-order valence-electron chi connectivity index (χ4n) is 2.68. The highest BCUT2D eigenvalue weighted by atomic mass is 32.2. The molecule has 1 N–H and O–H groups in total. The van der Waals surface area contributed by atoms with Crippen LogP contribution >= 0.6 is 11.8 Å². The van der Waals surface area contributed by atoms with Gasteiger partial charge in [0, 0.05) is 0 Å². The third kappa shape index (κ3) is 5.20. The fraction of sp³-hybridized carbons (Fsp3) is 0.286. The number of thioether (sulfide) groups is 1. The molecule has 3 rings (SSSR count). The van der Waals surface area contributed by atoms with Crippen molar-refractivity contribution >= 4 is 29.1 Å². The molecular weight excluding hydrogens is 358 g/mol. The SMILES string of the molecule is COc1ccc(/C=N\N=C2/NC(=O)[C@@H](Cc3ccc(C(C)C)cc3)S2)cc1. The van der Waals surface area contributed by atoms with Crippen LogP contribution in [0.5, 0.6) is 5.75 Å². The maximum absolute atomic E-state index is 12.2. The average molecular weight is 382 g/mol. The van der Waals surface area contributed by atoms with Crippen LogP contribution in [0.25, 0.3) is 0 Å². The molecule has 1 fully saturated rings. The van der Waals surface area contributed by atoms with Gasteiger partial charge < -0.3 is 10.1 Å². The van der Waals surface area contributed by atoms with Gasteiger partial charge in [-0.05, 0) is 53.3 Å². The number of nitrogens with zero attached hydrogens (tertiary/aromatic N) is 2. The second-order valence-corrected chi connectivity index (χ2v) is 7.81. The van der Waals surface area contributed by atoms with Gasteiger partial charge in [-0.25, -0.2) is 0 Å². The van der Waals surface area contributed by atoms with Gasteiger partial charge in [-0.2, -0.15) is 5.10 Å². The lowest BCUT2D eigenvalue weighted by Crippen LogP contribution is -2.25. The number of amides is 1. The number of carbonyl (C=O) groups is 1. The molecule has 6 heteroatoms. The maximum Gasteiger partial charge on any atom is 0.239 e. The van der Waals surface area contributed by atoms with Gasteiger partial charge in [0.25, 0.3) is 0 Å². The van der Waals surface area contributed by atoms with Gasteiger partial charge in [-0.3, -0.25) is 4.79 Å². The minimum atomic E-state index is -0.176. The average Bonchev–Trinajstić information content (AvgIpc) is 3.02. The standard InChI is InChI=1S/C21H23N3O2S/c1-14(2)17-8-4-15(5-9-17)12-19-20(25)23-21(27-19)24-22-13-16-6-10-18(26-3)11-7-16/h4-11,13-14,19H,12H2,1-3H3,(H,23,24,25)/b22-13-/t19-/m1/s1. The van der Waals surface area contributed by atoms with Crippen LogP contribution in [-0.4, -0.2) is 29.6 Å². The first-order valence-corrected chi connectivity index (χ1v) is 9.74. The zero-order valence-electron chi connectivity index (χ0n) is 15.7. The zero-order valence-corrected chi connectivity index (χ0v) is 16.5. The molecule has 0 unspecified atom stereocenters. The van der Waals surface area contributed by atoms with Crippen molar-refractivity contribution in [2.24, 2.45) is 10.2 Å². The summed E-state index contributed by atoms with van der Waals surface area (Å²) < 4.78 is 5.12. The van der Waals surface area contributed by atoms with Gasteiger partial charge in [0.15, 0.2) is 5.17 Å². The second kappa shape index (κ2) is 8.86. The van der Waals surface area contributed by atoms with E-state index in [1.807, 2.05) is 24.3 Å². The van der Waals surface area contributed by atoms with Gasteiger partial charge in [-0.15, -0.1) is 5.10 Å². The number of amidine groups is 1. The van der Waals surface area contributed by atoms with Crippen molar-refractivity contribution in [3.05, 3.63) is 65.2 Å². The third-order valence-electron chi connectivity index (χ3n) is 4.32. The van der Waals surface area contributed by atoms with E-state index in [1.54, 1.807) is 13.3 Å². The van der Waals surface area contributed by atoms with Crippen LogP contribution in [0, 0.1) is 0 Å². The summed E-state index contributed by atoms with van der Waals surface area (Å²) >= 11 is 1.42. The molecule has 1 saturated heterocycles. The van der Waals surface area contributed by atoms with Crippen molar-refractivity contribution in [3.8, 4) is 5.75 Å². The summed E-state index contributed by atoms with van der Waals surface area (Å²) in [4.78, 5) is 12.2. The van der Waals surface area contributed by atoms with Gasteiger partial charge in [0.1, 0.15) is 5.75 Å². The van der Waals surface area contributed by atoms with Gasteiger partial charge in [0.05, 0.1) is 18.6 Å². The van der Waals surface area contributed by atoms with Crippen molar-refractivity contribution in [2.45, 2.75) is 31.4 Å². The predicted octanol–water partition coefficient (Wildman–Crippen LogP) is 3.98. The Morgan fingerprint density at radius 3 is 2.48 bits per heavy atom. The maximum atomic E-state index is 12.2. The molecule has 2 aromatic rings. The monoisotopic (exact) mass is 381 g/mol. The molecule has 27 heavy (non-hydrogen) atoms. The Balaban J connectivity index is 1.58. The van der Waals surface area contributed by atoms with E-state index in [1.165, 1.54) is 17.3 Å². The van der Waals surface area contributed by atoms with Crippen LogP contribution < -0.4 is 10.1 Å². The molecule has 1 heterocycles. The quantitative estimate of drug-likeness (QED) is 0.608. The summed E-state index contributed by atoms with van der Waals surface area (Å²) in [5.41, 5.74) is 3.36. The highest BCUT2D eigenvalue weighted by Gasteiger charge is 2.30. The molecule has 0 spiro atoms. The molecule has 0 radical (unpaired) electrons. The fourth-order valence-corrected chi connectivity index (χ4v) is 3.64. The van der Waals surface area contributed by atoms with E-state index >= 15 is 0 Å². The van der Waals surface area contributed by atoms with Crippen molar-refractivity contribution in [1.82, 2.24) is 5.32 Å². The van der Waals surface area contributed by atoms with E-state index in [0.29, 0.717) is 17.5 Å². The topological polar surface area (TPSA) is 63.1 Å². The summed E-state index contributed by atoms with van der Waals surface area (Å²) in [6, 6.07) is 16.0. The lowest BCUT2D eigenvalue weighted by atomic mass is 10.0. The van der Waals surface area contributed by atoms with Crippen LogP contribution in [0.15, 0.2) is 58.7 Å². The Morgan fingerprint density at radius 1 is 1.15 bits per heavy atom. The van der Waals surface area contributed by atoms with E-state index in [-0.39, 0.29) is 11.2 Å². The first kappa shape index (κ1) is 19.2. The number of hydrogen-bond acceptors (Lipinski definition) is 5. The summed E-state index contributed by atoms with van der Waals surface area (Å²) in [5, 5.41) is 11.4. The summed E-state index contributed by atoms with van der Waals surface area (Å²) in [5.74, 6) is 1.28. The highest BCUT2D eigenvalue weighted by molar-refractivity contribution is 8.15. The Kier molecular flexibility index (Phi) is 6.29. The number of nitrogens with one attached hydrogen (secondary N) is 1. The Bertz CT molecular complexity index is 843. The van der Waals surface area contributed by atoms with Crippen LogP contribution in [0.1, 0.15) is 36.5 Å². The molecule has 1 aliphatic rings. The summed E-state index contributed by atoms with van der Waals surface area (Å²) in [7, 11) is 1.63. The number of ether oxygens (including phenoxy) is 1. The largest absolute Gasteiger partial charge is 0.497 e. The van der Waals surface area contributed by atoms with E-state index in [0.717, 1.165) is 16.9 Å². The minimum absolute atomic E-state index is 0.0219. The number of hydrogen-bond donors (Lipinski definition) is 1. The second-order valence-electron chi connectivity index (χ2n) is 6.62. The van der Waals surface area contributed by atoms with Crippen molar-refractivity contribution < 1.29 is 9.53 Å². The smallest absolute Gasteiger partial charge is 0.239 e. The Morgan fingerprint density at radius 2 is 1.85 bits per heavy atom. The zero-order chi connectivity index (χ0) is 19.2. The molecule has 0 bridgehead atoms. The lowest BCUT2D eigenvalue weighted by Gasteiger charge is -2.08. The Hall–Kier alpha value is -2.60. The van der Waals surface area contributed by atoms with Gasteiger partial charge >= 0.3 is 0 Å². The number of carbonyl (C=O) groups excluding carboxylic acids is 1. The number of rotatable bonds is 6. The van der Waals surface area contributed by atoms with E-state index < -0.39 is 0 Å². The van der Waals surface area contributed by atoms with Crippen LogP contribution in [0.2, 0.25) is 0 Å². The van der Waals surface area contributed by atoms with Crippen LogP contribution in [-0.2, 0) is 11.2 Å². The lowest BCUT2D eigenvalue weighted by molar-refractivity contribution is -0.118. The molecule has 1 amide bonds. The van der Waals surface area contributed by atoms with Gasteiger partial charge in [0.2, 0.25) is 5.91 Å². The first-order chi connectivity index (χ1) is 13.0. The van der Waals surface area contributed by atoms with Crippen molar-refractivity contribution in [1.29, 1.82) is 0 Å². The number of benzene rings is 2. The molecule has 1 aliphatic heterocycles. The van der Waals surface area contributed by atoms with E-state index in [4.69, 9.17) is 4.74 Å². The first-order valence-electron chi connectivity index (χ1n) is 8.86. The van der Waals surface area contributed by atoms with E-state index in [9.17, 15) is 4.79 Å². The normalized spacial score (nSPS) is 18.4. The molecule has 0 aromatic heterocycles. The van der Waals surface area contributed by atoms with Crippen LogP contribution in [0.3, 0.4) is 0 Å². The Labute approximate surface area is 163 Å². The summed E-state index contributed by atoms with van der Waals surface area (Å²) in [6.45, 7) is 4.34. The molecule has 1 atom stereocenters. The molecule has 5 nitrogen and oxygen atoms in total. The van der Waals surface area contributed by atoms with Crippen molar-refractivity contribution in [2.75, 3.05) is 7.11 Å². The van der Waals surface area contributed by atoms with Crippen LogP contribution in [0.4, 0.5) is 0 Å². The molecule has 0 aliphatic carbocycles.